The van der Waals surface area contributed by atoms with Crippen molar-refractivity contribution in [3.05, 3.63) is 59.2 Å². The Hall–Kier alpha value is -2.52. The third-order valence-corrected chi connectivity index (χ3v) is 8.74. The highest BCUT2D eigenvalue weighted by molar-refractivity contribution is 9.12. The van der Waals surface area contributed by atoms with Crippen LogP contribution in [0.3, 0.4) is 0 Å². The molecule has 1 saturated carbocycles. The number of hydrogen-bond acceptors (Lipinski definition) is 4. The predicted octanol–water partition coefficient (Wildman–Crippen LogP) is 4.37. The van der Waals surface area contributed by atoms with Crippen molar-refractivity contribution in [2.24, 2.45) is 11.8 Å². The Morgan fingerprint density at radius 1 is 0.969 bits per heavy atom. The molecule has 2 aromatic carbocycles. The molecule has 2 fully saturated rings. The Morgan fingerprint density at radius 3 is 2.19 bits per heavy atom. The summed E-state index contributed by atoms with van der Waals surface area (Å²) in [7, 11) is 0. The number of benzene rings is 2. The molecule has 4 rings (SSSR count). The third kappa shape index (κ3) is 4.11. The topological polar surface area (TPSA) is 104 Å². The lowest BCUT2D eigenvalue weighted by Crippen LogP contribution is -2.34. The Balaban J connectivity index is 1.58. The van der Waals surface area contributed by atoms with E-state index in [1.807, 2.05) is 0 Å². The molecule has 0 radical (unpaired) electrons. The minimum Gasteiger partial charge on any atom is -0.478 e. The number of carboxylic acids is 1. The number of anilines is 2. The van der Waals surface area contributed by atoms with Gasteiger partial charge in [0.25, 0.3) is 5.91 Å². The normalized spacial score (nSPS) is 24.9. The van der Waals surface area contributed by atoms with Crippen LogP contribution in [0.4, 0.5) is 11.4 Å². The molecule has 1 aliphatic carbocycles. The second-order valence-electron chi connectivity index (χ2n) is 8.07. The number of rotatable bonds is 4. The summed E-state index contributed by atoms with van der Waals surface area (Å²) in [4.78, 5) is 51.6. The largest absolute Gasteiger partial charge is 0.478 e. The summed E-state index contributed by atoms with van der Waals surface area (Å²) in [6, 6.07) is 10.8. The van der Waals surface area contributed by atoms with E-state index in [0.29, 0.717) is 29.8 Å². The van der Waals surface area contributed by atoms with Crippen LogP contribution in [0.25, 0.3) is 0 Å². The van der Waals surface area contributed by atoms with Crippen LogP contribution in [0, 0.1) is 18.8 Å². The van der Waals surface area contributed by atoms with Gasteiger partial charge in [-0.15, -0.1) is 0 Å². The fraction of sp³-hybridized carbons (Fsp3) is 0.304. The van der Waals surface area contributed by atoms with Gasteiger partial charge in [0.1, 0.15) is 0 Å². The maximum atomic E-state index is 13.0. The van der Waals surface area contributed by atoms with Crippen LogP contribution in [-0.4, -0.2) is 38.5 Å². The fourth-order valence-electron chi connectivity index (χ4n) is 4.22. The zero-order valence-electron chi connectivity index (χ0n) is 17.0. The van der Waals surface area contributed by atoms with E-state index >= 15 is 0 Å². The highest BCUT2D eigenvalue weighted by Crippen LogP contribution is 2.44. The summed E-state index contributed by atoms with van der Waals surface area (Å²) in [5.41, 5.74) is 1.77. The van der Waals surface area contributed by atoms with Crippen molar-refractivity contribution >= 4 is 66.9 Å². The molecule has 1 saturated heterocycles. The smallest absolute Gasteiger partial charge is 0.335 e. The summed E-state index contributed by atoms with van der Waals surface area (Å²) in [6.07, 6.45) is 1.14. The van der Waals surface area contributed by atoms with Crippen LogP contribution in [0.15, 0.2) is 42.5 Å². The molecule has 0 bridgehead atoms. The highest BCUT2D eigenvalue weighted by atomic mass is 79.9. The Labute approximate surface area is 201 Å². The molecule has 1 heterocycles. The van der Waals surface area contributed by atoms with E-state index in [9.17, 15) is 24.3 Å². The van der Waals surface area contributed by atoms with Crippen molar-refractivity contribution in [1.82, 2.24) is 0 Å². The van der Waals surface area contributed by atoms with Gasteiger partial charge in [0.05, 0.1) is 23.1 Å². The Morgan fingerprint density at radius 2 is 1.59 bits per heavy atom. The van der Waals surface area contributed by atoms with Crippen molar-refractivity contribution in [2.45, 2.75) is 29.4 Å². The Kier molecular flexibility index (Phi) is 6.22. The summed E-state index contributed by atoms with van der Waals surface area (Å²) < 4.78 is 0. The molecule has 9 heteroatoms. The molecule has 2 N–H and O–H groups in total. The van der Waals surface area contributed by atoms with Crippen LogP contribution >= 0.6 is 31.9 Å². The Bertz CT molecular complexity index is 1110. The highest BCUT2D eigenvalue weighted by Gasteiger charge is 2.52. The molecule has 3 amide bonds. The molecule has 0 aromatic heterocycles. The van der Waals surface area contributed by atoms with E-state index in [-0.39, 0.29) is 44.4 Å². The number of amides is 3. The number of fused-ring (bicyclic) bond motifs is 1. The van der Waals surface area contributed by atoms with E-state index in [0.717, 1.165) is 0 Å². The first kappa shape index (κ1) is 22.7. The van der Waals surface area contributed by atoms with E-state index < -0.39 is 11.9 Å². The van der Waals surface area contributed by atoms with Crippen LogP contribution in [0.1, 0.15) is 39.1 Å². The number of aryl methyl sites for hydroxylation is 1. The lowest BCUT2D eigenvalue weighted by atomic mass is 9.81. The van der Waals surface area contributed by atoms with E-state index in [1.54, 1.807) is 31.2 Å². The second kappa shape index (κ2) is 8.78. The molecule has 4 atom stereocenters. The van der Waals surface area contributed by atoms with E-state index in [4.69, 9.17) is 0 Å². The third-order valence-electron chi connectivity index (χ3n) is 6.01. The summed E-state index contributed by atoms with van der Waals surface area (Å²) in [6.45, 7) is 1.76. The number of carbonyl (C=O) groups is 4. The predicted molar refractivity (Wildman–Crippen MR) is 127 cm³/mol. The van der Waals surface area contributed by atoms with Gasteiger partial charge in [-0.25, -0.2) is 4.79 Å². The van der Waals surface area contributed by atoms with Crippen molar-refractivity contribution in [3.63, 3.8) is 0 Å². The lowest BCUT2D eigenvalue weighted by Gasteiger charge is -2.29. The number of nitrogens with zero attached hydrogens (tertiary/aromatic N) is 1. The van der Waals surface area contributed by atoms with Crippen LogP contribution < -0.4 is 10.2 Å². The monoisotopic (exact) mass is 562 g/mol. The molecule has 7 nitrogen and oxygen atoms in total. The van der Waals surface area contributed by atoms with Crippen LogP contribution in [-0.2, 0) is 9.59 Å². The SMILES string of the molecule is Cc1ccc(C(=O)O)cc1NC(=O)c1cccc(N2C(=O)[C@@H]3C[C@H](Br)[C@@H](Br)C[C@H]3C2=O)c1. The molecule has 2 aromatic rings. The molecule has 2 aliphatic rings. The number of carbonyl (C=O) groups excluding carboxylic acids is 3. The maximum Gasteiger partial charge on any atom is 0.335 e. The standard InChI is InChI=1S/C23H20Br2N2O5/c1-11-5-6-13(23(31)32)8-19(11)26-20(28)12-3-2-4-14(7-12)27-21(29)15-9-17(24)18(25)10-16(15)22(27)30/h2-8,15-18H,9-10H2,1H3,(H,26,28)(H,31,32)/t15-,16-,17+,18+/m1/s1. The zero-order chi connectivity index (χ0) is 23.2. The van der Waals surface area contributed by atoms with Crippen molar-refractivity contribution in [3.8, 4) is 0 Å². The van der Waals surface area contributed by atoms with Crippen molar-refractivity contribution in [1.29, 1.82) is 0 Å². The molecule has 1 aliphatic heterocycles. The first-order chi connectivity index (χ1) is 15.2. The van der Waals surface area contributed by atoms with Crippen LogP contribution in [0.2, 0.25) is 0 Å². The zero-order valence-corrected chi connectivity index (χ0v) is 20.2. The average molecular weight is 564 g/mol. The van der Waals surface area contributed by atoms with Gasteiger partial charge in [0, 0.05) is 20.9 Å². The first-order valence-electron chi connectivity index (χ1n) is 10.1. The molecular weight excluding hydrogens is 544 g/mol. The molecule has 0 spiro atoms. The number of carboxylic acid groups (broad SMARTS) is 1. The first-order valence-corrected chi connectivity index (χ1v) is 11.9. The van der Waals surface area contributed by atoms with Gasteiger partial charge in [-0.2, -0.15) is 0 Å². The number of alkyl halides is 2. The molecular formula is C23H20Br2N2O5. The minimum atomic E-state index is -1.09. The molecule has 166 valence electrons. The number of nitrogens with one attached hydrogen (secondary N) is 1. The van der Waals surface area contributed by atoms with Gasteiger partial charge in [-0.05, 0) is 55.7 Å². The lowest BCUT2D eigenvalue weighted by molar-refractivity contribution is -0.122. The van der Waals surface area contributed by atoms with Crippen molar-refractivity contribution < 1.29 is 24.3 Å². The van der Waals surface area contributed by atoms with Gasteiger partial charge in [-0.3, -0.25) is 19.3 Å². The fourth-order valence-corrected chi connectivity index (χ4v) is 5.46. The van der Waals surface area contributed by atoms with Gasteiger partial charge in [0.2, 0.25) is 11.8 Å². The number of imide groups is 1. The van der Waals surface area contributed by atoms with Gasteiger partial charge in [0.15, 0.2) is 0 Å². The second-order valence-corrected chi connectivity index (χ2v) is 10.4. The minimum absolute atomic E-state index is 0.0608. The maximum absolute atomic E-state index is 13.0. The summed E-state index contributed by atoms with van der Waals surface area (Å²) in [5, 5.41) is 11.9. The molecule has 32 heavy (non-hydrogen) atoms. The summed E-state index contributed by atoms with van der Waals surface area (Å²) in [5.74, 6) is -2.79. The molecule has 0 unspecified atom stereocenters. The average Bonchev–Trinajstić information content (AvgIpc) is 2.99. The quantitative estimate of drug-likeness (QED) is 0.424. The number of halogens is 2. The summed E-state index contributed by atoms with van der Waals surface area (Å²) >= 11 is 7.15. The number of aromatic carboxylic acids is 1. The number of hydrogen-bond donors (Lipinski definition) is 2. The van der Waals surface area contributed by atoms with E-state index in [2.05, 4.69) is 37.2 Å². The van der Waals surface area contributed by atoms with Crippen molar-refractivity contribution in [2.75, 3.05) is 10.2 Å². The van der Waals surface area contributed by atoms with Gasteiger partial charge >= 0.3 is 5.97 Å². The van der Waals surface area contributed by atoms with E-state index in [1.165, 1.54) is 23.1 Å². The van der Waals surface area contributed by atoms with Gasteiger partial charge in [-0.1, -0.05) is 44.0 Å². The van der Waals surface area contributed by atoms with Crippen LogP contribution in [0.5, 0.6) is 0 Å². The van der Waals surface area contributed by atoms with Gasteiger partial charge < -0.3 is 10.4 Å².